The van der Waals surface area contributed by atoms with Crippen LogP contribution in [0.5, 0.6) is 0 Å². The summed E-state index contributed by atoms with van der Waals surface area (Å²) >= 11 is 0. The van der Waals surface area contributed by atoms with E-state index < -0.39 is 0 Å². The van der Waals surface area contributed by atoms with Crippen LogP contribution in [0.1, 0.15) is 25.3 Å². The number of rotatable bonds is 4. The van der Waals surface area contributed by atoms with Crippen LogP contribution in [-0.4, -0.2) is 52.5 Å². The van der Waals surface area contributed by atoms with Crippen molar-refractivity contribution in [2.24, 2.45) is 16.8 Å². The molecule has 0 radical (unpaired) electrons. The second-order valence-corrected chi connectivity index (χ2v) is 7.82. The Morgan fingerprint density at radius 1 is 1.18 bits per heavy atom. The van der Waals surface area contributed by atoms with Crippen molar-refractivity contribution in [2.45, 2.75) is 38.5 Å². The van der Waals surface area contributed by atoms with E-state index >= 15 is 0 Å². The molecule has 4 heterocycles. The maximum atomic E-state index is 6.10. The first-order valence-electron chi connectivity index (χ1n) is 10.1. The maximum Gasteiger partial charge on any atom is 0.194 e. The summed E-state index contributed by atoms with van der Waals surface area (Å²) in [7, 11) is 0. The lowest BCUT2D eigenvalue weighted by atomic mass is 9.82. The zero-order valence-electron chi connectivity index (χ0n) is 16.2. The van der Waals surface area contributed by atoms with Crippen LogP contribution in [0.2, 0.25) is 0 Å². The average Bonchev–Trinajstić information content (AvgIpc) is 3.48. The fourth-order valence-electron chi connectivity index (χ4n) is 4.89. The highest BCUT2D eigenvalue weighted by atomic mass is 127. The van der Waals surface area contributed by atoms with E-state index in [9.17, 15) is 0 Å². The predicted molar refractivity (Wildman–Crippen MR) is 120 cm³/mol. The summed E-state index contributed by atoms with van der Waals surface area (Å²) in [5.74, 6) is 2.40. The van der Waals surface area contributed by atoms with Crippen LogP contribution >= 0.6 is 24.0 Å². The Bertz CT molecular complexity index is 805. The summed E-state index contributed by atoms with van der Waals surface area (Å²) in [6.07, 6.45) is 7.43. The fraction of sp³-hybridized carbons (Fsp3) is 0.524. The molecule has 3 fully saturated rings. The van der Waals surface area contributed by atoms with E-state index in [0.29, 0.717) is 30.6 Å². The van der Waals surface area contributed by atoms with Crippen molar-refractivity contribution >= 4 is 29.9 Å². The van der Waals surface area contributed by atoms with E-state index in [1.54, 1.807) is 0 Å². The Hall–Kier alpha value is -1.61. The van der Waals surface area contributed by atoms with Crippen molar-refractivity contribution in [1.82, 2.24) is 20.0 Å². The number of halogens is 1. The van der Waals surface area contributed by atoms with Gasteiger partial charge in [-0.05, 0) is 31.9 Å². The van der Waals surface area contributed by atoms with Crippen molar-refractivity contribution in [3.8, 4) is 5.69 Å². The summed E-state index contributed by atoms with van der Waals surface area (Å²) in [6, 6.07) is 10.2. The SMILES string of the molecule is CCNC(=NCc1cnn(-c2ccccc2)c1)N1CC2C3CCC(O3)C2C1.I. The zero-order chi connectivity index (χ0) is 18.2. The second kappa shape index (κ2) is 8.41. The Morgan fingerprint density at radius 2 is 1.89 bits per heavy atom. The number of nitrogens with one attached hydrogen (secondary N) is 1. The molecule has 5 rings (SSSR count). The molecule has 0 amide bonds. The third kappa shape index (κ3) is 3.66. The molecule has 6 nitrogen and oxygen atoms in total. The second-order valence-electron chi connectivity index (χ2n) is 7.82. The van der Waals surface area contributed by atoms with Gasteiger partial charge in [0.25, 0.3) is 0 Å². The molecule has 1 aromatic heterocycles. The van der Waals surface area contributed by atoms with Gasteiger partial charge in [-0.3, -0.25) is 0 Å². The number of benzene rings is 1. The highest BCUT2D eigenvalue weighted by Crippen LogP contribution is 2.47. The topological polar surface area (TPSA) is 54.7 Å². The van der Waals surface area contributed by atoms with Gasteiger partial charge in [-0.25, -0.2) is 9.67 Å². The molecule has 0 spiro atoms. The molecule has 3 aliphatic rings. The lowest BCUT2D eigenvalue weighted by molar-refractivity contribution is 0.0767. The quantitative estimate of drug-likeness (QED) is 0.404. The number of hydrogen-bond acceptors (Lipinski definition) is 3. The molecule has 3 aliphatic heterocycles. The smallest absolute Gasteiger partial charge is 0.194 e. The molecule has 28 heavy (non-hydrogen) atoms. The lowest BCUT2D eigenvalue weighted by Gasteiger charge is -2.23. The monoisotopic (exact) mass is 493 g/mol. The molecule has 3 saturated heterocycles. The van der Waals surface area contributed by atoms with Gasteiger partial charge in [-0.15, -0.1) is 24.0 Å². The molecule has 150 valence electrons. The van der Waals surface area contributed by atoms with Crippen molar-refractivity contribution in [1.29, 1.82) is 0 Å². The highest BCUT2D eigenvalue weighted by Gasteiger charge is 2.53. The molecule has 2 bridgehead atoms. The van der Waals surface area contributed by atoms with Crippen molar-refractivity contribution in [3.63, 3.8) is 0 Å². The number of hydrogen-bond donors (Lipinski definition) is 1. The van der Waals surface area contributed by atoms with Gasteiger partial charge in [-0.1, -0.05) is 18.2 Å². The van der Waals surface area contributed by atoms with Crippen LogP contribution in [0.15, 0.2) is 47.7 Å². The number of aromatic nitrogens is 2. The normalized spacial score (nSPS) is 28.3. The first-order chi connectivity index (χ1) is 13.3. The van der Waals surface area contributed by atoms with Gasteiger partial charge in [0.05, 0.1) is 30.6 Å². The number of ether oxygens (including phenoxy) is 1. The number of likely N-dealkylation sites (tertiary alicyclic amines) is 1. The number of fused-ring (bicyclic) bond motifs is 5. The number of nitrogens with zero attached hydrogens (tertiary/aromatic N) is 4. The molecule has 7 heteroatoms. The molecule has 1 aromatic carbocycles. The number of para-hydroxylation sites is 1. The van der Waals surface area contributed by atoms with E-state index in [-0.39, 0.29) is 24.0 Å². The van der Waals surface area contributed by atoms with Gasteiger partial charge in [-0.2, -0.15) is 5.10 Å². The summed E-state index contributed by atoms with van der Waals surface area (Å²) in [6.45, 7) is 5.80. The van der Waals surface area contributed by atoms with Crippen LogP contribution in [-0.2, 0) is 11.3 Å². The van der Waals surface area contributed by atoms with Crippen LogP contribution in [0.4, 0.5) is 0 Å². The highest BCUT2D eigenvalue weighted by molar-refractivity contribution is 14.0. The average molecular weight is 493 g/mol. The molecule has 0 aliphatic carbocycles. The largest absolute Gasteiger partial charge is 0.374 e. The van der Waals surface area contributed by atoms with Crippen molar-refractivity contribution in [2.75, 3.05) is 19.6 Å². The third-order valence-electron chi connectivity index (χ3n) is 6.16. The van der Waals surface area contributed by atoms with Crippen molar-refractivity contribution in [3.05, 3.63) is 48.3 Å². The standard InChI is InChI=1S/C21H27N5O.HI/c1-2-22-21(25-13-17-18(14-25)20-9-8-19(17)27-20)23-10-15-11-24-26(12-15)16-6-4-3-5-7-16;/h3-7,11-12,17-20H,2,8-10,13-14H2,1H3,(H,22,23);1H. The Morgan fingerprint density at radius 3 is 2.57 bits per heavy atom. The van der Waals surface area contributed by atoms with Crippen LogP contribution in [0.3, 0.4) is 0 Å². The molecular weight excluding hydrogens is 465 g/mol. The maximum absolute atomic E-state index is 6.10. The van der Waals surface area contributed by atoms with E-state index in [2.05, 4.69) is 40.6 Å². The summed E-state index contributed by atoms with van der Waals surface area (Å²) in [4.78, 5) is 7.35. The van der Waals surface area contributed by atoms with Gasteiger partial charge in [0, 0.05) is 43.2 Å². The number of aliphatic imine (C=N–C) groups is 1. The van der Waals surface area contributed by atoms with Crippen LogP contribution in [0.25, 0.3) is 5.69 Å². The first-order valence-corrected chi connectivity index (χ1v) is 10.1. The Kier molecular flexibility index (Phi) is 5.91. The molecule has 2 aromatic rings. The van der Waals surface area contributed by atoms with Gasteiger partial charge < -0.3 is 15.0 Å². The number of guanidine groups is 1. The summed E-state index contributed by atoms with van der Waals surface area (Å²) in [5.41, 5.74) is 2.19. The fourth-order valence-corrected chi connectivity index (χ4v) is 4.89. The summed E-state index contributed by atoms with van der Waals surface area (Å²) < 4.78 is 8.01. The van der Waals surface area contributed by atoms with E-state index in [4.69, 9.17) is 9.73 Å². The first kappa shape index (κ1) is 19.7. The van der Waals surface area contributed by atoms with Crippen LogP contribution in [0, 0.1) is 11.8 Å². The molecule has 0 saturated carbocycles. The minimum Gasteiger partial charge on any atom is -0.374 e. The van der Waals surface area contributed by atoms with Gasteiger partial charge in [0.15, 0.2) is 5.96 Å². The van der Waals surface area contributed by atoms with Gasteiger partial charge in [0.2, 0.25) is 0 Å². The molecule has 4 atom stereocenters. The lowest BCUT2D eigenvalue weighted by Crippen LogP contribution is -2.41. The van der Waals surface area contributed by atoms with Gasteiger partial charge in [0.1, 0.15) is 0 Å². The van der Waals surface area contributed by atoms with E-state index in [1.807, 2.05) is 29.1 Å². The Labute approximate surface area is 183 Å². The van der Waals surface area contributed by atoms with Crippen LogP contribution < -0.4 is 5.32 Å². The molecule has 1 N–H and O–H groups in total. The van der Waals surface area contributed by atoms with E-state index in [1.165, 1.54) is 12.8 Å². The zero-order valence-corrected chi connectivity index (χ0v) is 18.5. The minimum atomic E-state index is 0. The van der Waals surface area contributed by atoms with E-state index in [0.717, 1.165) is 36.8 Å². The molecular formula is C21H28IN5O. The summed E-state index contributed by atoms with van der Waals surface area (Å²) in [5, 5.41) is 7.96. The van der Waals surface area contributed by atoms with Gasteiger partial charge >= 0.3 is 0 Å². The molecule has 4 unspecified atom stereocenters. The Balaban J connectivity index is 0.00000192. The van der Waals surface area contributed by atoms with Crippen molar-refractivity contribution < 1.29 is 4.74 Å². The predicted octanol–water partition coefficient (Wildman–Crippen LogP) is 3.07. The third-order valence-corrected chi connectivity index (χ3v) is 6.16. The minimum absolute atomic E-state index is 0.